The molecule has 3 rings (SSSR count). The van der Waals surface area contributed by atoms with Crippen LogP contribution in [0.2, 0.25) is 5.02 Å². The Morgan fingerprint density at radius 3 is 2.32 bits per heavy atom. The Kier molecular flexibility index (Phi) is 4.89. The average Bonchev–Trinajstić information content (AvgIpc) is 2.88. The maximum absolute atomic E-state index is 13.2. The van der Waals surface area contributed by atoms with Crippen molar-refractivity contribution in [2.75, 3.05) is 11.5 Å². The van der Waals surface area contributed by atoms with Crippen molar-refractivity contribution in [3.63, 3.8) is 0 Å². The number of rotatable bonds is 4. The number of amides is 1. The van der Waals surface area contributed by atoms with E-state index in [1.165, 1.54) is 0 Å². The van der Waals surface area contributed by atoms with Gasteiger partial charge in [0.2, 0.25) is 0 Å². The monoisotopic (exact) mass is 377 g/mol. The van der Waals surface area contributed by atoms with Crippen LogP contribution in [0.4, 0.5) is 0 Å². The maximum atomic E-state index is 13.2. The molecular formula is C19H20ClNO3S. The molecule has 132 valence electrons. The molecule has 1 aliphatic rings. The minimum Gasteiger partial charge on any atom is -0.328 e. The molecule has 0 bridgehead atoms. The summed E-state index contributed by atoms with van der Waals surface area (Å²) in [6.45, 7) is 2.22. The largest absolute Gasteiger partial charge is 0.328 e. The molecule has 6 heteroatoms. The van der Waals surface area contributed by atoms with Gasteiger partial charge in [0.05, 0.1) is 17.0 Å². The standard InChI is InChI=1S/C19H20ClNO3S/c1-19(11-12-25(23,24)14-19)21(13-15-5-3-2-4-6-15)18(22)16-7-9-17(20)10-8-16/h2-10H,11-14H2,1H3. The summed E-state index contributed by atoms with van der Waals surface area (Å²) in [4.78, 5) is 14.8. The zero-order valence-corrected chi connectivity index (χ0v) is 15.6. The van der Waals surface area contributed by atoms with Gasteiger partial charge in [0.25, 0.3) is 5.91 Å². The Bertz CT molecular complexity index is 865. The molecule has 1 amide bonds. The number of halogens is 1. The summed E-state index contributed by atoms with van der Waals surface area (Å²) < 4.78 is 24.1. The first-order valence-corrected chi connectivity index (χ1v) is 10.3. The molecule has 2 aromatic carbocycles. The molecule has 1 saturated heterocycles. The number of carbonyl (C=O) groups excluding carboxylic acids is 1. The van der Waals surface area contributed by atoms with Crippen LogP contribution in [-0.4, -0.2) is 36.3 Å². The third-order valence-corrected chi connectivity index (χ3v) is 6.79. The molecule has 0 aliphatic carbocycles. The molecule has 0 spiro atoms. The molecular weight excluding hydrogens is 358 g/mol. The molecule has 1 unspecified atom stereocenters. The van der Waals surface area contributed by atoms with E-state index in [9.17, 15) is 13.2 Å². The van der Waals surface area contributed by atoms with E-state index in [1.54, 1.807) is 29.2 Å². The molecule has 1 aliphatic heterocycles. The number of hydrogen-bond donors (Lipinski definition) is 0. The van der Waals surface area contributed by atoms with Gasteiger partial charge < -0.3 is 4.90 Å². The van der Waals surface area contributed by atoms with Gasteiger partial charge in [-0.3, -0.25) is 4.79 Å². The van der Waals surface area contributed by atoms with E-state index in [-0.39, 0.29) is 17.4 Å². The third-order valence-electron chi connectivity index (χ3n) is 4.65. The fourth-order valence-electron chi connectivity index (χ4n) is 3.23. The van der Waals surface area contributed by atoms with Crippen LogP contribution in [0.5, 0.6) is 0 Å². The Hall–Kier alpha value is -1.85. The summed E-state index contributed by atoms with van der Waals surface area (Å²) in [6.07, 6.45) is 0.446. The number of sulfone groups is 1. The molecule has 1 fully saturated rings. The van der Waals surface area contributed by atoms with Crippen molar-refractivity contribution in [1.29, 1.82) is 0 Å². The van der Waals surface area contributed by atoms with Crippen molar-refractivity contribution >= 4 is 27.3 Å². The first kappa shape index (κ1) is 18.0. The smallest absolute Gasteiger partial charge is 0.254 e. The maximum Gasteiger partial charge on any atom is 0.254 e. The van der Waals surface area contributed by atoms with Crippen LogP contribution in [0.3, 0.4) is 0 Å². The third kappa shape index (κ3) is 4.05. The van der Waals surface area contributed by atoms with Gasteiger partial charge >= 0.3 is 0 Å². The van der Waals surface area contributed by atoms with Gasteiger partial charge in [-0.25, -0.2) is 8.42 Å². The first-order valence-electron chi connectivity index (χ1n) is 8.11. The molecule has 1 atom stereocenters. The van der Waals surface area contributed by atoms with Gasteiger partial charge in [-0.1, -0.05) is 41.9 Å². The Morgan fingerprint density at radius 2 is 1.76 bits per heavy atom. The van der Waals surface area contributed by atoms with Crippen LogP contribution in [-0.2, 0) is 16.4 Å². The SMILES string of the molecule is CC1(N(Cc2ccccc2)C(=O)c2ccc(Cl)cc2)CCS(=O)(=O)C1. The molecule has 4 nitrogen and oxygen atoms in total. The molecule has 0 aromatic heterocycles. The molecule has 0 radical (unpaired) electrons. The fraction of sp³-hybridized carbons (Fsp3) is 0.316. The Labute approximate surface area is 153 Å². The van der Waals surface area contributed by atoms with Crippen LogP contribution < -0.4 is 0 Å². The van der Waals surface area contributed by atoms with Crippen LogP contribution >= 0.6 is 11.6 Å². The second-order valence-corrected chi connectivity index (χ2v) is 9.34. The topological polar surface area (TPSA) is 54.5 Å². The van der Waals surface area contributed by atoms with E-state index >= 15 is 0 Å². The van der Waals surface area contributed by atoms with Crippen LogP contribution in [0.25, 0.3) is 0 Å². The van der Waals surface area contributed by atoms with E-state index in [0.29, 0.717) is 23.6 Å². The highest BCUT2D eigenvalue weighted by Crippen LogP contribution is 2.32. The zero-order valence-electron chi connectivity index (χ0n) is 14.0. The van der Waals surface area contributed by atoms with Crippen molar-refractivity contribution in [3.8, 4) is 0 Å². The van der Waals surface area contributed by atoms with Gasteiger partial charge in [-0.2, -0.15) is 0 Å². The zero-order chi connectivity index (χ0) is 18.1. The molecule has 25 heavy (non-hydrogen) atoms. The summed E-state index contributed by atoms with van der Waals surface area (Å²) >= 11 is 5.91. The van der Waals surface area contributed by atoms with E-state index in [0.717, 1.165) is 5.56 Å². The van der Waals surface area contributed by atoms with Crippen LogP contribution in [0, 0.1) is 0 Å². The van der Waals surface area contributed by atoms with Crippen molar-refractivity contribution in [2.24, 2.45) is 0 Å². The van der Waals surface area contributed by atoms with Gasteiger partial charge in [-0.15, -0.1) is 0 Å². The molecule has 2 aromatic rings. The van der Waals surface area contributed by atoms with Gasteiger partial charge in [0.15, 0.2) is 9.84 Å². The highest BCUT2D eigenvalue weighted by atomic mass is 35.5. The van der Waals surface area contributed by atoms with Crippen LogP contribution in [0.1, 0.15) is 29.3 Å². The highest BCUT2D eigenvalue weighted by Gasteiger charge is 2.45. The number of benzene rings is 2. The lowest BCUT2D eigenvalue weighted by molar-refractivity contribution is 0.0536. The summed E-state index contributed by atoms with van der Waals surface area (Å²) in [5.41, 5.74) is 0.756. The van der Waals surface area contributed by atoms with E-state index in [4.69, 9.17) is 11.6 Å². The highest BCUT2D eigenvalue weighted by molar-refractivity contribution is 7.91. The van der Waals surface area contributed by atoms with Crippen molar-refractivity contribution in [1.82, 2.24) is 4.90 Å². The summed E-state index contributed by atoms with van der Waals surface area (Å²) in [5.74, 6) is -0.0744. The van der Waals surface area contributed by atoms with Gasteiger partial charge in [0.1, 0.15) is 0 Å². The summed E-state index contributed by atoms with van der Waals surface area (Å²) in [5, 5.41) is 0.556. The van der Waals surface area contributed by atoms with Gasteiger partial charge in [0, 0.05) is 17.1 Å². The second-order valence-electron chi connectivity index (χ2n) is 6.72. The molecule has 0 saturated carbocycles. The van der Waals surface area contributed by atoms with Gasteiger partial charge in [-0.05, 0) is 43.2 Å². The van der Waals surface area contributed by atoms with Crippen molar-refractivity contribution in [2.45, 2.75) is 25.4 Å². The number of nitrogens with zero attached hydrogens (tertiary/aromatic N) is 1. The average molecular weight is 378 g/mol. The first-order chi connectivity index (χ1) is 11.8. The van der Waals surface area contributed by atoms with Crippen LogP contribution in [0.15, 0.2) is 54.6 Å². The predicted molar refractivity (Wildman–Crippen MR) is 99.4 cm³/mol. The lowest BCUT2D eigenvalue weighted by Crippen LogP contribution is -2.50. The van der Waals surface area contributed by atoms with Crippen molar-refractivity contribution < 1.29 is 13.2 Å². The number of hydrogen-bond acceptors (Lipinski definition) is 3. The lowest BCUT2D eigenvalue weighted by Gasteiger charge is -2.38. The van der Waals surface area contributed by atoms with E-state index in [2.05, 4.69) is 0 Å². The van der Waals surface area contributed by atoms with Crippen molar-refractivity contribution in [3.05, 3.63) is 70.7 Å². The summed E-state index contributed by atoms with van der Waals surface area (Å²) in [6, 6.07) is 16.3. The normalized spacial score (nSPS) is 21.8. The predicted octanol–water partition coefficient (Wildman–Crippen LogP) is 3.56. The fourth-order valence-corrected chi connectivity index (χ4v) is 5.50. The minimum atomic E-state index is -3.13. The molecule has 0 N–H and O–H groups in total. The number of carbonyl (C=O) groups is 1. The minimum absolute atomic E-state index is 0.00777. The lowest BCUT2D eigenvalue weighted by atomic mass is 9.96. The summed E-state index contributed by atoms with van der Waals surface area (Å²) in [7, 11) is -3.13. The quantitative estimate of drug-likeness (QED) is 0.818. The van der Waals surface area contributed by atoms with E-state index < -0.39 is 15.4 Å². The van der Waals surface area contributed by atoms with E-state index in [1.807, 2.05) is 37.3 Å². The second kappa shape index (κ2) is 6.81. The Balaban J connectivity index is 1.97. The Morgan fingerprint density at radius 1 is 1.12 bits per heavy atom. The molecule has 1 heterocycles.